The molecule has 8 heteroatoms. The van der Waals surface area contributed by atoms with Gasteiger partial charge in [-0.05, 0) is 23.8 Å². The summed E-state index contributed by atoms with van der Waals surface area (Å²) in [6, 6.07) is 9.78. The van der Waals surface area contributed by atoms with Crippen molar-refractivity contribution in [3.8, 4) is 5.82 Å². The maximum absolute atomic E-state index is 12.6. The van der Waals surface area contributed by atoms with Crippen LogP contribution in [0.4, 0.5) is 0 Å². The molecule has 3 aromatic rings. The lowest BCUT2D eigenvalue weighted by Gasteiger charge is -2.19. The van der Waals surface area contributed by atoms with Crippen molar-refractivity contribution in [3.63, 3.8) is 0 Å². The summed E-state index contributed by atoms with van der Waals surface area (Å²) in [6.45, 7) is 0. The number of ether oxygens (including phenoxy) is 1. The second-order valence-corrected chi connectivity index (χ2v) is 6.11. The molecule has 0 radical (unpaired) electrons. The Bertz CT molecular complexity index is 926. The topological polar surface area (TPSA) is 86.1 Å². The summed E-state index contributed by atoms with van der Waals surface area (Å²) in [5.41, 5.74) is 1.00. The zero-order valence-electron chi connectivity index (χ0n) is 14.5. The highest BCUT2D eigenvalue weighted by Crippen LogP contribution is 2.25. The molecule has 7 nitrogen and oxygen atoms in total. The number of halogens is 1. The molecule has 0 aliphatic heterocycles. The van der Waals surface area contributed by atoms with Crippen molar-refractivity contribution in [1.29, 1.82) is 0 Å². The first kappa shape index (κ1) is 18.6. The Morgan fingerprint density at radius 3 is 2.70 bits per heavy atom. The zero-order valence-corrected chi connectivity index (χ0v) is 15.3. The number of nitrogens with one attached hydrogen (secondary N) is 1. The number of pyridine rings is 1. The summed E-state index contributed by atoms with van der Waals surface area (Å²) >= 11 is 6.23. The number of nitrogens with zero attached hydrogens (tertiary/aromatic N) is 3. The Hall–Kier alpha value is -3.19. The van der Waals surface area contributed by atoms with Crippen LogP contribution in [0.3, 0.4) is 0 Å². The molecule has 27 heavy (non-hydrogen) atoms. The monoisotopic (exact) mass is 384 g/mol. The number of benzene rings is 1. The predicted molar refractivity (Wildman–Crippen MR) is 99.7 cm³/mol. The second-order valence-electron chi connectivity index (χ2n) is 5.70. The minimum absolute atomic E-state index is 0.0352. The number of aromatic nitrogens is 3. The third kappa shape index (κ3) is 4.51. The van der Waals surface area contributed by atoms with Gasteiger partial charge in [0, 0.05) is 23.6 Å². The number of imidazole rings is 1. The van der Waals surface area contributed by atoms with Crippen LogP contribution in [0.25, 0.3) is 5.82 Å². The van der Waals surface area contributed by atoms with Gasteiger partial charge >= 0.3 is 5.97 Å². The van der Waals surface area contributed by atoms with Crippen molar-refractivity contribution in [1.82, 2.24) is 19.9 Å². The summed E-state index contributed by atoms with van der Waals surface area (Å²) in [4.78, 5) is 32.6. The average Bonchev–Trinajstić information content (AvgIpc) is 3.22. The molecule has 0 saturated carbocycles. The summed E-state index contributed by atoms with van der Waals surface area (Å²) in [5.74, 6) is -0.177. The summed E-state index contributed by atoms with van der Waals surface area (Å²) < 4.78 is 6.46. The summed E-state index contributed by atoms with van der Waals surface area (Å²) in [6.07, 6.45) is 6.44. The molecule has 3 rings (SSSR count). The molecule has 2 aromatic heterocycles. The van der Waals surface area contributed by atoms with Crippen molar-refractivity contribution >= 4 is 23.5 Å². The largest absolute Gasteiger partial charge is 0.469 e. The van der Waals surface area contributed by atoms with Crippen LogP contribution in [0.1, 0.15) is 28.4 Å². The van der Waals surface area contributed by atoms with Gasteiger partial charge in [-0.1, -0.05) is 29.8 Å². The third-order valence-electron chi connectivity index (χ3n) is 3.96. The van der Waals surface area contributed by atoms with Crippen LogP contribution in [-0.2, 0) is 9.53 Å². The second kappa shape index (κ2) is 8.46. The molecule has 0 bridgehead atoms. The number of carbonyl (C=O) groups is 2. The van der Waals surface area contributed by atoms with Gasteiger partial charge in [0.15, 0.2) is 0 Å². The first-order chi connectivity index (χ1) is 13.1. The summed E-state index contributed by atoms with van der Waals surface area (Å²) in [7, 11) is 1.30. The molecule has 0 spiro atoms. The van der Waals surface area contributed by atoms with Crippen LogP contribution in [0, 0.1) is 0 Å². The summed E-state index contributed by atoms with van der Waals surface area (Å²) in [5, 5.41) is 3.29. The van der Waals surface area contributed by atoms with Crippen molar-refractivity contribution in [2.75, 3.05) is 7.11 Å². The fourth-order valence-electron chi connectivity index (χ4n) is 2.56. The van der Waals surface area contributed by atoms with Crippen molar-refractivity contribution in [2.45, 2.75) is 12.5 Å². The highest BCUT2D eigenvalue weighted by molar-refractivity contribution is 6.31. The van der Waals surface area contributed by atoms with E-state index >= 15 is 0 Å². The smallest absolute Gasteiger partial charge is 0.307 e. The van der Waals surface area contributed by atoms with Gasteiger partial charge < -0.3 is 10.1 Å². The lowest BCUT2D eigenvalue weighted by molar-refractivity contribution is -0.141. The standard InChI is InChI=1S/C19H17ClN4O3/c1-27-18(25)10-16(14-4-2-3-5-15(14)20)23-19(26)13-6-7-17(22-11-13)24-9-8-21-12-24/h2-9,11-12,16H,10H2,1H3,(H,23,26)/t16-/m1/s1. The van der Waals surface area contributed by atoms with Crippen LogP contribution in [0.15, 0.2) is 61.3 Å². The van der Waals surface area contributed by atoms with E-state index in [2.05, 4.69) is 15.3 Å². The highest BCUT2D eigenvalue weighted by Gasteiger charge is 2.22. The maximum Gasteiger partial charge on any atom is 0.307 e. The molecule has 0 aliphatic rings. The van der Waals surface area contributed by atoms with Gasteiger partial charge in [0.1, 0.15) is 12.1 Å². The lowest BCUT2D eigenvalue weighted by atomic mass is 10.0. The minimum atomic E-state index is -0.619. The molecule has 1 atom stereocenters. The molecule has 0 fully saturated rings. The molecule has 0 aliphatic carbocycles. The predicted octanol–water partition coefficient (Wildman–Crippen LogP) is 2.95. The average molecular weight is 385 g/mol. The zero-order chi connectivity index (χ0) is 19.2. The number of hydrogen-bond donors (Lipinski definition) is 1. The van der Waals surface area contributed by atoms with Gasteiger partial charge in [-0.3, -0.25) is 14.2 Å². The quantitative estimate of drug-likeness (QED) is 0.660. The Kier molecular flexibility index (Phi) is 5.83. The van der Waals surface area contributed by atoms with E-state index in [4.69, 9.17) is 16.3 Å². The fourth-order valence-corrected chi connectivity index (χ4v) is 2.82. The van der Waals surface area contributed by atoms with E-state index in [1.165, 1.54) is 13.3 Å². The lowest BCUT2D eigenvalue weighted by Crippen LogP contribution is -2.30. The molecule has 1 amide bonds. The van der Waals surface area contributed by atoms with Crippen LogP contribution in [0.2, 0.25) is 5.02 Å². The third-order valence-corrected chi connectivity index (χ3v) is 4.31. The molecule has 0 saturated heterocycles. The van der Waals surface area contributed by atoms with E-state index in [1.807, 2.05) is 0 Å². The van der Waals surface area contributed by atoms with Gasteiger partial charge in [-0.15, -0.1) is 0 Å². The first-order valence-electron chi connectivity index (χ1n) is 8.15. The van der Waals surface area contributed by atoms with Gasteiger partial charge in [0.2, 0.25) is 0 Å². The molecular formula is C19H17ClN4O3. The van der Waals surface area contributed by atoms with Crippen molar-refractivity contribution < 1.29 is 14.3 Å². The van der Waals surface area contributed by atoms with Crippen LogP contribution in [0.5, 0.6) is 0 Å². The van der Waals surface area contributed by atoms with E-state index in [0.29, 0.717) is 22.0 Å². The van der Waals surface area contributed by atoms with E-state index in [-0.39, 0.29) is 12.3 Å². The Balaban J connectivity index is 1.79. The molecule has 2 heterocycles. The number of methoxy groups -OCH3 is 1. The van der Waals surface area contributed by atoms with Crippen LogP contribution >= 0.6 is 11.6 Å². The normalized spacial score (nSPS) is 11.6. The molecule has 0 unspecified atom stereocenters. The highest BCUT2D eigenvalue weighted by atomic mass is 35.5. The Morgan fingerprint density at radius 1 is 1.26 bits per heavy atom. The van der Waals surface area contributed by atoms with Gasteiger partial charge in [-0.25, -0.2) is 9.97 Å². The SMILES string of the molecule is COC(=O)C[C@@H](NC(=O)c1ccc(-n2ccnc2)nc1)c1ccccc1Cl. The van der Waals surface area contributed by atoms with Gasteiger partial charge in [0.25, 0.3) is 5.91 Å². The Morgan fingerprint density at radius 2 is 2.07 bits per heavy atom. The molecule has 1 aromatic carbocycles. The van der Waals surface area contributed by atoms with E-state index in [9.17, 15) is 9.59 Å². The number of carbonyl (C=O) groups excluding carboxylic acids is 2. The van der Waals surface area contributed by atoms with Crippen molar-refractivity contribution in [2.24, 2.45) is 0 Å². The Labute approximate surface area is 161 Å². The van der Waals surface area contributed by atoms with Crippen LogP contribution < -0.4 is 5.32 Å². The van der Waals surface area contributed by atoms with E-state index < -0.39 is 12.0 Å². The molecular weight excluding hydrogens is 368 g/mol. The number of amides is 1. The van der Waals surface area contributed by atoms with E-state index in [0.717, 1.165) is 0 Å². The van der Waals surface area contributed by atoms with Crippen molar-refractivity contribution in [3.05, 3.63) is 77.5 Å². The molecule has 1 N–H and O–H groups in total. The minimum Gasteiger partial charge on any atom is -0.469 e. The van der Waals surface area contributed by atoms with E-state index in [1.54, 1.807) is 59.7 Å². The van der Waals surface area contributed by atoms with Gasteiger partial charge in [0.05, 0.1) is 25.1 Å². The maximum atomic E-state index is 12.6. The number of rotatable bonds is 6. The first-order valence-corrected chi connectivity index (χ1v) is 8.52. The number of esters is 1. The van der Waals surface area contributed by atoms with Crippen LogP contribution in [-0.4, -0.2) is 33.5 Å². The molecule has 138 valence electrons. The van der Waals surface area contributed by atoms with Gasteiger partial charge in [-0.2, -0.15) is 0 Å². The number of hydrogen-bond acceptors (Lipinski definition) is 5. The fraction of sp³-hybridized carbons (Fsp3) is 0.158.